The molecule has 2 N–H and O–H groups in total. The Hall–Kier alpha value is -2.38. The fourth-order valence-electron chi connectivity index (χ4n) is 4.27. The second-order valence-electron chi connectivity index (χ2n) is 8.21. The number of cyclic esters (lactones) is 1. The van der Waals surface area contributed by atoms with Crippen LogP contribution >= 0.6 is 0 Å². The highest BCUT2D eigenvalue weighted by Crippen LogP contribution is 2.35. The monoisotopic (exact) mass is 430 g/mol. The smallest absolute Gasteiger partial charge is 0.341 e. The molecule has 0 saturated carbocycles. The number of ether oxygens (including phenoxy) is 3. The van der Waals surface area contributed by atoms with Gasteiger partial charge in [-0.2, -0.15) is 0 Å². The number of carbonyl (C=O) groups excluding carboxylic acids is 2. The average molecular weight is 431 g/mol. The van der Waals surface area contributed by atoms with Crippen LogP contribution in [0.25, 0.3) is 0 Å². The number of nitrogens with zero attached hydrogens (tertiary/aromatic N) is 1. The number of nitrogens with two attached hydrogens (primary N) is 1. The third-order valence-corrected chi connectivity index (χ3v) is 6.22. The van der Waals surface area contributed by atoms with Crippen LogP contribution in [0.2, 0.25) is 0 Å². The number of fused-ring (bicyclic) bond motifs is 1. The lowest BCUT2D eigenvalue weighted by atomic mass is 9.88. The Balaban J connectivity index is 1.53. The first kappa shape index (κ1) is 23.3. The van der Waals surface area contributed by atoms with Crippen molar-refractivity contribution >= 4 is 17.6 Å². The van der Waals surface area contributed by atoms with Crippen molar-refractivity contribution in [3.05, 3.63) is 39.5 Å². The van der Waals surface area contributed by atoms with Crippen molar-refractivity contribution < 1.29 is 23.8 Å². The van der Waals surface area contributed by atoms with Crippen LogP contribution in [-0.4, -0.2) is 56.3 Å². The molecular formula is C24H34N2O5. The third kappa shape index (κ3) is 5.66. The van der Waals surface area contributed by atoms with Crippen molar-refractivity contribution in [1.29, 1.82) is 0 Å². The fraction of sp³-hybridized carbons (Fsp3) is 0.583. The predicted octanol–water partition coefficient (Wildman–Crippen LogP) is 2.95. The van der Waals surface area contributed by atoms with Crippen LogP contribution < -0.4 is 5.73 Å². The Morgan fingerprint density at radius 2 is 1.97 bits per heavy atom. The molecule has 7 nitrogen and oxygen atoms in total. The maximum atomic E-state index is 12.1. The van der Waals surface area contributed by atoms with Gasteiger partial charge in [0.2, 0.25) is 0 Å². The number of allylic oxidation sites excluding steroid dienone is 2. The lowest BCUT2D eigenvalue weighted by Gasteiger charge is -2.26. The zero-order valence-corrected chi connectivity index (χ0v) is 18.9. The first-order valence-corrected chi connectivity index (χ1v) is 11.1. The number of hydrogen-bond acceptors (Lipinski definition) is 7. The van der Waals surface area contributed by atoms with E-state index < -0.39 is 0 Å². The number of esters is 2. The van der Waals surface area contributed by atoms with E-state index in [4.69, 9.17) is 19.9 Å². The minimum atomic E-state index is -0.333. The first-order chi connectivity index (χ1) is 14.9. The molecule has 1 saturated heterocycles. The zero-order chi connectivity index (χ0) is 22.4. The summed E-state index contributed by atoms with van der Waals surface area (Å²) < 4.78 is 15.9. The van der Waals surface area contributed by atoms with Crippen molar-refractivity contribution in [3.63, 3.8) is 0 Å². The van der Waals surface area contributed by atoms with Gasteiger partial charge in [-0.05, 0) is 49.8 Å². The number of morpholine rings is 1. The second-order valence-corrected chi connectivity index (χ2v) is 8.21. The van der Waals surface area contributed by atoms with Gasteiger partial charge in [-0.1, -0.05) is 18.6 Å². The molecular weight excluding hydrogens is 396 g/mol. The molecule has 0 bridgehead atoms. The van der Waals surface area contributed by atoms with Crippen LogP contribution in [0, 0.1) is 6.92 Å². The van der Waals surface area contributed by atoms with Crippen molar-refractivity contribution in [2.24, 2.45) is 0 Å². The van der Waals surface area contributed by atoms with Gasteiger partial charge < -0.3 is 19.9 Å². The van der Waals surface area contributed by atoms with Crippen LogP contribution in [0.15, 0.2) is 11.6 Å². The molecule has 1 aromatic rings. The van der Waals surface area contributed by atoms with E-state index in [1.807, 2.05) is 13.8 Å². The Morgan fingerprint density at radius 1 is 1.23 bits per heavy atom. The van der Waals surface area contributed by atoms with E-state index in [1.54, 1.807) is 0 Å². The molecule has 2 aliphatic rings. The van der Waals surface area contributed by atoms with Gasteiger partial charge in [-0.15, -0.1) is 0 Å². The third-order valence-electron chi connectivity index (χ3n) is 6.22. The number of nitrogen functional groups attached to an aromatic ring is 1. The molecule has 0 radical (unpaired) electrons. The van der Waals surface area contributed by atoms with E-state index in [0.29, 0.717) is 43.7 Å². The molecule has 0 atom stereocenters. The molecule has 0 unspecified atom stereocenters. The number of benzene rings is 1. The van der Waals surface area contributed by atoms with Gasteiger partial charge in [0.25, 0.3) is 0 Å². The van der Waals surface area contributed by atoms with E-state index in [9.17, 15) is 9.59 Å². The Kier molecular flexibility index (Phi) is 8.09. The molecule has 2 aliphatic heterocycles. The summed E-state index contributed by atoms with van der Waals surface area (Å²) in [6, 6.07) is 0. The van der Waals surface area contributed by atoms with E-state index in [1.165, 1.54) is 5.56 Å². The maximum absolute atomic E-state index is 12.1. The first-order valence-electron chi connectivity index (χ1n) is 11.1. The highest BCUT2D eigenvalue weighted by atomic mass is 16.5. The van der Waals surface area contributed by atoms with Gasteiger partial charge in [0.15, 0.2) is 0 Å². The normalized spacial score (nSPS) is 16.9. The molecule has 170 valence electrons. The molecule has 0 amide bonds. The van der Waals surface area contributed by atoms with E-state index in [0.717, 1.165) is 61.5 Å². The van der Waals surface area contributed by atoms with Crippen molar-refractivity contribution in [2.75, 3.05) is 45.2 Å². The summed E-state index contributed by atoms with van der Waals surface area (Å²) in [5, 5.41) is 0. The van der Waals surface area contributed by atoms with Crippen LogP contribution in [0.3, 0.4) is 0 Å². The van der Waals surface area contributed by atoms with Gasteiger partial charge in [0, 0.05) is 31.6 Å². The molecule has 0 spiro atoms. The molecule has 3 rings (SSSR count). The van der Waals surface area contributed by atoms with E-state index in [-0.39, 0.29) is 11.9 Å². The van der Waals surface area contributed by atoms with Crippen molar-refractivity contribution in [1.82, 2.24) is 4.90 Å². The van der Waals surface area contributed by atoms with Crippen molar-refractivity contribution in [2.45, 2.75) is 53.1 Å². The summed E-state index contributed by atoms with van der Waals surface area (Å²) in [5.74, 6) is -0.508. The Bertz CT molecular complexity index is 856. The van der Waals surface area contributed by atoms with Crippen LogP contribution in [0.4, 0.5) is 5.69 Å². The van der Waals surface area contributed by atoms with Crippen LogP contribution in [0.5, 0.6) is 0 Å². The van der Waals surface area contributed by atoms with E-state index >= 15 is 0 Å². The number of anilines is 1. The molecule has 31 heavy (non-hydrogen) atoms. The van der Waals surface area contributed by atoms with Gasteiger partial charge in [-0.25, -0.2) is 4.79 Å². The molecule has 7 heteroatoms. The fourth-order valence-corrected chi connectivity index (χ4v) is 4.27. The van der Waals surface area contributed by atoms with Crippen molar-refractivity contribution in [3.8, 4) is 0 Å². The van der Waals surface area contributed by atoms with Crippen LogP contribution in [-0.2, 0) is 38.5 Å². The highest BCUT2D eigenvalue weighted by molar-refractivity contribution is 6.00. The second kappa shape index (κ2) is 10.8. The van der Waals surface area contributed by atoms with Gasteiger partial charge in [-0.3, -0.25) is 9.69 Å². The maximum Gasteiger partial charge on any atom is 0.341 e. The number of carbonyl (C=O) groups is 2. The summed E-state index contributed by atoms with van der Waals surface area (Å²) in [6.45, 7) is 10.9. The summed E-state index contributed by atoms with van der Waals surface area (Å²) in [6.07, 6.45) is 4.57. The topological polar surface area (TPSA) is 91.1 Å². The van der Waals surface area contributed by atoms with Crippen LogP contribution in [0.1, 0.15) is 59.3 Å². The Labute approximate surface area is 184 Å². The lowest BCUT2D eigenvalue weighted by molar-refractivity contribution is -0.144. The van der Waals surface area contributed by atoms with Gasteiger partial charge in [0.1, 0.15) is 13.2 Å². The molecule has 2 heterocycles. The summed E-state index contributed by atoms with van der Waals surface area (Å²) in [5.41, 5.74) is 12.7. The number of rotatable bonds is 9. The lowest BCUT2D eigenvalue weighted by Crippen LogP contribution is -2.38. The molecule has 1 fully saturated rings. The summed E-state index contributed by atoms with van der Waals surface area (Å²) in [4.78, 5) is 26.4. The minimum Gasteiger partial charge on any atom is -0.464 e. The van der Waals surface area contributed by atoms with Gasteiger partial charge in [0.05, 0.1) is 24.5 Å². The predicted molar refractivity (Wildman–Crippen MR) is 119 cm³/mol. The standard InChI is InChI=1S/C24H34N2O5/c1-4-18-17(3)20-15-31-24(28)22(20)23(25)19(18)7-5-16(2)6-8-21(27)30-14-11-26-9-12-29-13-10-26/h5H,4,6-15,25H2,1-3H3. The highest BCUT2D eigenvalue weighted by Gasteiger charge is 2.29. The molecule has 0 aromatic heterocycles. The minimum absolute atomic E-state index is 0.175. The number of hydrogen-bond donors (Lipinski definition) is 1. The molecule has 0 aliphatic carbocycles. The summed E-state index contributed by atoms with van der Waals surface area (Å²) in [7, 11) is 0. The Morgan fingerprint density at radius 3 is 2.68 bits per heavy atom. The molecule has 1 aromatic carbocycles. The van der Waals surface area contributed by atoms with Gasteiger partial charge >= 0.3 is 11.9 Å². The summed E-state index contributed by atoms with van der Waals surface area (Å²) >= 11 is 0. The average Bonchev–Trinajstić information content (AvgIpc) is 3.16. The SMILES string of the molecule is CCc1c(C)c2c(c(N)c1CC=C(C)CCC(=O)OCCN1CCOCC1)C(=O)OC2. The zero-order valence-electron chi connectivity index (χ0n) is 18.9. The quantitative estimate of drug-likeness (QED) is 0.366. The largest absolute Gasteiger partial charge is 0.464 e. The van der Waals surface area contributed by atoms with E-state index in [2.05, 4.69) is 17.9 Å².